The first kappa shape index (κ1) is 15.4. The van der Waals surface area contributed by atoms with Crippen molar-refractivity contribution in [3.05, 3.63) is 66.8 Å². The number of aliphatic hydroxyl groups is 1. The molecule has 1 aromatic heterocycles. The second-order valence-corrected chi connectivity index (χ2v) is 4.12. The molecular formula is C16H19N3O. The van der Waals surface area contributed by atoms with Crippen LogP contribution >= 0.6 is 0 Å². The number of hydrogen-bond donors (Lipinski definition) is 1. The molecule has 0 saturated heterocycles. The van der Waals surface area contributed by atoms with Crippen LogP contribution in [0.15, 0.2) is 55.4 Å². The van der Waals surface area contributed by atoms with Gasteiger partial charge in [-0.25, -0.2) is 0 Å². The summed E-state index contributed by atoms with van der Waals surface area (Å²) in [5.41, 5.74) is 2.75. The van der Waals surface area contributed by atoms with Gasteiger partial charge in [0.2, 0.25) is 0 Å². The van der Waals surface area contributed by atoms with Gasteiger partial charge < -0.3 is 5.11 Å². The average Bonchev–Trinajstić information content (AvgIpc) is 2.81. The van der Waals surface area contributed by atoms with Crippen LogP contribution < -0.4 is 0 Å². The zero-order valence-corrected chi connectivity index (χ0v) is 11.9. The minimum atomic E-state index is 0.115. The SMILES string of the molecule is C=C/C=C\C(=C(/C)O)n1nc(C=C)c(/C=C(/C)C=C)n1. The number of hydrogen-bond acceptors (Lipinski definition) is 3. The summed E-state index contributed by atoms with van der Waals surface area (Å²) in [6.45, 7) is 14.5. The summed E-state index contributed by atoms with van der Waals surface area (Å²) in [6, 6.07) is 0. The molecule has 0 aliphatic heterocycles. The summed E-state index contributed by atoms with van der Waals surface area (Å²) < 4.78 is 0. The first-order valence-corrected chi connectivity index (χ1v) is 6.13. The molecule has 0 saturated carbocycles. The molecule has 0 atom stereocenters. The Morgan fingerprint density at radius 1 is 1.15 bits per heavy atom. The number of aromatic nitrogens is 3. The van der Waals surface area contributed by atoms with E-state index in [0.29, 0.717) is 17.1 Å². The first-order chi connectivity index (χ1) is 9.53. The van der Waals surface area contributed by atoms with Crippen LogP contribution in [0.4, 0.5) is 0 Å². The highest BCUT2D eigenvalue weighted by molar-refractivity contribution is 5.63. The van der Waals surface area contributed by atoms with Crippen molar-refractivity contribution in [1.29, 1.82) is 0 Å². The van der Waals surface area contributed by atoms with Crippen LogP contribution in [-0.4, -0.2) is 20.1 Å². The molecule has 1 rings (SSSR count). The molecule has 1 aromatic rings. The molecular weight excluding hydrogens is 250 g/mol. The Morgan fingerprint density at radius 2 is 1.80 bits per heavy atom. The largest absolute Gasteiger partial charge is 0.510 e. The standard InChI is InChI=1S/C16H19N3O/c1-6-9-10-16(13(5)20)19-17-14(8-3)15(18-19)11-12(4)7-2/h6-11,20H,1-3H2,4-5H3/b10-9-,12-11-,16-13-. The van der Waals surface area contributed by atoms with Crippen molar-refractivity contribution in [2.45, 2.75) is 13.8 Å². The number of aliphatic hydroxyl groups excluding tert-OH is 1. The van der Waals surface area contributed by atoms with E-state index in [1.807, 2.05) is 13.0 Å². The zero-order valence-electron chi connectivity index (χ0n) is 11.9. The summed E-state index contributed by atoms with van der Waals surface area (Å²) in [5, 5.41) is 18.4. The minimum Gasteiger partial charge on any atom is -0.510 e. The second-order valence-electron chi connectivity index (χ2n) is 4.12. The lowest BCUT2D eigenvalue weighted by molar-refractivity contribution is 0.412. The maximum Gasteiger partial charge on any atom is 0.123 e. The molecule has 0 spiro atoms. The maximum absolute atomic E-state index is 9.73. The van der Waals surface area contributed by atoms with Gasteiger partial charge in [-0.15, -0.1) is 15.0 Å². The van der Waals surface area contributed by atoms with E-state index >= 15 is 0 Å². The van der Waals surface area contributed by atoms with Gasteiger partial charge in [0.15, 0.2) is 0 Å². The molecule has 4 heteroatoms. The molecule has 0 unspecified atom stereocenters. The molecule has 1 N–H and O–H groups in total. The van der Waals surface area contributed by atoms with Gasteiger partial charge >= 0.3 is 0 Å². The van der Waals surface area contributed by atoms with E-state index in [4.69, 9.17) is 0 Å². The van der Waals surface area contributed by atoms with Gasteiger partial charge in [-0.3, -0.25) is 0 Å². The second kappa shape index (κ2) is 7.09. The summed E-state index contributed by atoms with van der Waals surface area (Å²) >= 11 is 0. The third kappa shape index (κ3) is 3.68. The third-order valence-electron chi connectivity index (χ3n) is 2.52. The monoisotopic (exact) mass is 269 g/mol. The molecule has 4 nitrogen and oxygen atoms in total. The lowest BCUT2D eigenvalue weighted by Crippen LogP contribution is -2.02. The highest BCUT2D eigenvalue weighted by Crippen LogP contribution is 2.15. The van der Waals surface area contributed by atoms with E-state index in [0.717, 1.165) is 5.57 Å². The molecule has 1 heterocycles. The van der Waals surface area contributed by atoms with E-state index in [-0.39, 0.29) is 5.76 Å². The fourth-order valence-corrected chi connectivity index (χ4v) is 1.45. The van der Waals surface area contributed by atoms with Crippen LogP contribution in [0.25, 0.3) is 17.8 Å². The number of allylic oxidation sites excluding steroid dienone is 7. The van der Waals surface area contributed by atoms with Gasteiger partial charge in [0.05, 0.1) is 0 Å². The molecule has 0 aromatic carbocycles. The van der Waals surface area contributed by atoms with E-state index in [1.165, 1.54) is 4.80 Å². The molecule has 0 bridgehead atoms. The molecule has 104 valence electrons. The Kier molecular flexibility index (Phi) is 5.47. The van der Waals surface area contributed by atoms with Crippen molar-refractivity contribution < 1.29 is 5.11 Å². The Morgan fingerprint density at radius 3 is 2.30 bits per heavy atom. The highest BCUT2D eigenvalue weighted by Gasteiger charge is 2.10. The molecule has 0 aliphatic carbocycles. The maximum atomic E-state index is 9.73. The molecule has 0 fully saturated rings. The van der Waals surface area contributed by atoms with E-state index in [1.54, 1.807) is 37.3 Å². The van der Waals surface area contributed by atoms with Crippen LogP contribution in [0.1, 0.15) is 25.2 Å². The number of rotatable bonds is 6. The smallest absolute Gasteiger partial charge is 0.123 e. The summed E-state index contributed by atoms with van der Waals surface area (Å²) in [4.78, 5) is 1.37. The Balaban J connectivity index is 3.37. The molecule has 20 heavy (non-hydrogen) atoms. The lowest BCUT2D eigenvalue weighted by atomic mass is 10.2. The van der Waals surface area contributed by atoms with Gasteiger partial charge in [0.1, 0.15) is 22.8 Å². The van der Waals surface area contributed by atoms with E-state index in [9.17, 15) is 5.11 Å². The fourth-order valence-electron chi connectivity index (χ4n) is 1.45. The Hall–Kier alpha value is -2.62. The number of nitrogens with zero attached hydrogens (tertiary/aromatic N) is 3. The molecule has 0 aliphatic rings. The third-order valence-corrected chi connectivity index (χ3v) is 2.52. The van der Waals surface area contributed by atoms with Gasteiger partial charge in [-0.1, -0.05) is 38.0 Å². The van der Waals surface area contributed by atoms with Crippen LogP contribution in [0.2, 0.25) is 0 Å². The van der Waals surface area contributed by atoms with E-state index < -0.39 is 0 Å². The van der Waals surface area contributed by atoms with Crippen molar-refractivity contribution >= 4 is 17.8 Å². The van der Waals surface area contributed by atoms with Crippen LogP contribution in [0, 0.1) is 0 Å². The predicted molar refractivity (Wildman–Crippen MR) is 84.8 cm³/mol. The Labute approximate surface area is 119 Å². The molecule has 0 amide bonds. The predicted octanol–water partition coefficient (Wildman–Crippen LogP) is 4.00. The normalized spacial score (nSPS) is 13.2. The topological polar surface area (TPSA) is 50.9 Å². The van der Waals surface area contributed by atoms with Crippen molar-refractivity contribution in [2.24, 2.45) is 0 Å². The van der Waals surface area contributed by atoms with Gasteiger partial charge in [0.25, 0.3) is 0 Å². The van der Waals surface area contributed by atoms with Crippen molar-refractivity contribution in [1.82, 2.24) is 15.0 Å². The van der Waals surface area contributed by atoms with Crippen LogP contribution in [0.3, 0.4) is 0 Å². The Bertz CT molecular complexity index is 612. The summed E-state index contributed by atoms with van der Waals surface area (Å²) in [7, 11) is 0. The van der Waals surface area contributed by atoms with Gasteiger partial charge in [-0.05, 0) is 37.6 Å². The van der Waals surface area contributed by atoms with Crippen molar-refractivity contribution in [3.63, 3.8) is 0 Å². The summed E-state index contributed by atoms with van der Waals surface area (Å²) in [6.07, 6.45) is 10.2. The summed E-state index contributed by atoms with van der Waals surface area (Å²) in [5.74, 6) is 0.115. The quantitative estimate of drug-likeness (QED) is 0.627. The van der Waals surface area contributed by atoms with Crippen LogP contribution in [0.5, 0.6) is 0 Å². The highest BCUT2D eigenvalue weighted by atomic mass is 16.3. The minimum absolute atomic E-state index is 0.115. The van der Waals surface area contributed by atoms with Crippen molar-refractivity contribution in [3.8, 4) is 0 Å². The average molecular weight is 269 g/mol. The van der Waals surface area contributed by atoms with Gasteiger partial charge in [0, 0.05) is 0 Å². The molecule has 0 radical (unpaired) electrons. The lowest BCUT2D eigenvalue weighted by Gasteiger charge is -2.01. The van der Waals surface area contributed by atoms with Gasteiger partial charge in [-0.2, -0.15) is 0 Å². The zero-order chi connectivity index (χ0) is 15.1. The first-order valence-electron chi connectivity index (χ1n) is 6.13. The van der Waals surface area contributed by atoms with Crippen molar-refractivity contribution in [2.75, 3.05) is 0 Å². The van der Waals surface area contributed by atoms with E-state index in [2.05, 4.69) is 29.9 Å². The fraction of sp³-hybridized carbons (Fsp3) is 0.125. The van der Waals surface area contributed by atoms with Crippen LogP contribution in [-0.2, 0) is 0 Å².